The van der Waals surface area contributed by atoms with Gasteiger partial charge in [0.05, 0.1) is 6.61 Å². The molecule has 2 N–H and O–H groups in total. The van der Waals surface area contributed by atoms with Crippen molar-refractivity contribution in [2.24, 2.45) is 11.8 Å². The summed E-state index contributed by atoms with van der Waals surface area (Å²) < 4.78 is 4.95. The first-order valence-electron chi connectivity index (χ1n) is 7.37. The Bertz CT molecular complexity index is 596. The number of alkyl carbamates (subject to hydrolysis) is 1. The summed E-state index contributed by atoms with van der Waals surface area (Å²) in [5.74, 6) is -0.831. The van der Waals surface area contributed by atoms with Gasteiger partial charge in [0, 0.05) is 23.5 Å². The Kier molecular flexibility index (Phi) is 7.12. The second-order valence-corrected chi connectivity index (χ2v) is 5.68. The van der Waals surface area contributed by atoms with E-state index >= 15 is 0 Å². The molecule has 1 aromatic rings. The molecule has 1 aromatic carbocycles. The van der Waals surface area contributed by atoms with Crippen LogP contribution in [0.15, 0.2) is 24.3 Å². The van der Waals surface area contributed by atoms with Gasteiger partial charge in [-0.15, -0.1) is 0 Å². The molecule has 0 aliphatic heterocycles. The number of carbonyl (C=O) groups excluding carboxylic acids is 3. The number of carbonyl (C=O) groups is 2. The first-order valence-corrected chi connectivity index (χ1v) is 7.37. The van der Waals surface area contributed by atoms with Crippen LogP contribution in [0.1, 0.15) is 43.1 Å². The number of benzene rings is 1. The molecule has 0 aliphatic carbocycles. The van der Waals surface area contributed by atoms with Crippen molar-refractivity contribution in [1.82, 2.24) is 5.32 Å². The Morgan fingerprint density at radius 2 is 1.83 bits per heavy atom. The molecule has 1 atom stereocenters. The summed E-state index contributed by atoms with van der Waals surface area (Å²) in [6.07, 6.45) is 1.03. The summed E-state index contributed by atoms with van der Waals surface area (Å²) in [6.45, 7) is 5.64. The minimum atomic E-state index is -0.736. The van der Waals surface area contributed by atoms with Crippen LogP contribution in [0.4, 0.5) is 4.79 Å². The maximum atomic E-state index is 12.2. The fraction of sp³-hybridized carbons (Fsp3) is 0.412. The number of nitrogens with one attached hydrogen (secondary N) is 2. The maximum absolute atomic E-state index is 12.2. The number of amides is 1. The zero-order valence-corrected chi connectivity index (χ0v) is 13.5. The molecule has 0 bridgehead atoms. The van der Waals surface area contributed by atoms with E-state index in [4.69, 9.17) is 10.1 Å². The molecule has 23 heavy (non-hydrogen) atoms. The van der Waals surface area contributed by atoms with E-state index in [1.165, 1.54) is 0 Å². The average Bonchev–Trinajstić information content (AvgIpc) is 2.52. The number of hydrogen-bond donors (Lipinski definition) is 2. The standard InChI is InChI=1S/C17H21N2O4/c1-11(2)10-23-17(22)19-16(18)14-7-5-4-6-13(14)15(21)8-12(3)9-20/h4-7,11-12H,8,10H2,1-3H3,(H2,18,19,22). The highest BCUT2D eigenvalue weighted by atomic mass is 16.5. The van der Waals surface area contributed by atoms with Gasteiger partial charge in [-0.25, -0.2) is 4.79 Å². The molecule has 0 heterocycles. The average molecular weight is 317 g/mol. The number of hydrogen-bond acceptors (Lipinski definition) is 5. The van der Waals surface area contributed by atoms with E-state index in [0.29, 0.717) is 0 Å². The van der Waals surface area contributed by atoms with Crippen molar-refractivity contribution < 1.29 is 19.1 Å². The van der Waals surface area contributed by atoms with Crippen LogP contribution in [0, 0.1) is 17.2 Å². The van der Waals surface area contributed by atoms with E-state index in [2.05, 4.69) is 5.32 Å². The zero-order valence-electron chi connectivity index (χ0n) is 13.5. The lowest BCUT2D eigenvalue weighted by atomic mass is 9.96. The first kappa shape index (κ1) is 18.5. The van der Waals surface area contributed by atoms with Gasteiger partial charge in [0.2, 0.25) is 6.29 Å². The second-order valence-electron chi connectivity index (χ2n) is 5.68. The third-order valence-corrected chi connectivity index (χ3v) is 2.96. The third kappa shape index (κ3) is 6.02. The van der Waals surface area contributed by atoms with Crippen molar-refractivity contribution in [3.63, 3.8) is 0 Å². The molecular formula is C17H21N2O4. The number of ether oxygens (including phenoxy) is 1. The van der Waals surface area contributed by atoms with E-state index in [0.717, 1.165) is 0 Å². The van der Waals surface area contributed by atoms with Gasteiger partial charge in [0.1, 0.15) is 5.84 Å². The summed E-state index contributed by atoms with van der Waals surface area (Å²) in [7, 11) is 0. The molecule has 6 nitrogen and oxygen atoms in total. The van der Waals surface area contributed by atoms with Crippen molar-refractivity contribution in [2.45, 2.75) is 27.2 Å². The predicted molar refractivity (Wildman–Crippen MR) is 86.4 cm³/mol. The van der Waals surface area contributed by atoms with Gasteiger partial charge in [-0.2, -0.15) is 0 Å². The van der Waals surface area contributed by atoms with E-state index in [1.807, 2.05) is 13.8 Å². The van der Waals surface area contributed by atoms with Crippen LogP contribution in [0.5, 0.6) is 0 Å². The first-order chi connectivity index (χ1) is 10.8. The molecule has 1 amide bonds. The summed E-state index contributed by atoms with van der Waals surface area (Å²) in [4.78, 5) is 34.4. The van der Waals surface area contributed by atoms with Crippen LogP contribution < -0.4 is 5.32 Å². The summed E-state index contributed by atoms with van der Waals surface area (Å²) in [5.41, 5.74) is 0.570. The summed E-state index contributed by atoms with van der Waals surface area (Å²) in [5, 5.41) is 10.3. The monoisotopic (exact) mass is 317 g/mol. The van der Waals surface area contributed by atoms with Crippen molar-refractivity contribution in [3.8, 4) is 0 Å². The van der Waals surface area contributed by atoms with E-state index in [1.54, 1.807) is 37.5 Å². The molecule has 1 unspecified atom stereocenters. The molecular weight excluding hydrogens is 296 g/mol. The normalized spacial score (nSPS) is 11.7. The molecule has 1 rings (SSSR count). The number of amidine groups is 1. The number of Topliss-reactive ketones (excluding diaryl/α,β-unsaturated/α-hetero) is 1. The molecule has 0 fully saturated rings. The fourth-order valence-corrected chi connectivity index (χ4v) is 1.82. The lowest BCUT2D eigenvalue weighted by molar-refractivity contribution is 0.0973. The van der Waals surface area contributed by atoms with Gasteiger partial charge in [0.15, 0.2) is 5.78 Å². The second kappa shape index (κ2) is 8.82. The lowest BCUT2D eigenvalue weighted by Crippen LogP contribution is -2.33. The zero-order chi connectivity index (χ0) is 17.4. The van der Waals surface area contributed by atoms with Crippen molar-refractivity contribution in [2.75, 3.05) is 6.61 Å². The van der Waals surface area contributed by atoms with Crippen LogP contribution in [0.25, 0.3) is 0 Å². The van der Waals surface area contributed by atoms with Gasteiger partial charge in [-0.3, -0.25) is 20.3 Å². The van der Waals surface area contributed by atoms with Crippen molar-refractivity contribution >= 4 is 24.0 Å². The summed E-state index contributed by atoms with van der Waals surface area (Å²) >= 11 is 0. The molecule has 0 aromatic heterocycles. The molecule has 0 aliphatic rings. The predicted octanol–water partition coefficient (Wildman–Crippen LogP) is 2.71. The smallest absolute Gasteiger partial charge is 0.412 e. The number of ketones is 1. The largest absolute Gasteiger partial charge is 0.449 e. The Hall–Kier alpha value is -2.50. The Balaban J connectivity index is 2.83. The lowest BCUT2D eigenvalue weighted by Gasteiger charge is -2.12. The Morgan fingerprint density at radius 1 is 1.22 bits per heavy atom. The maximum Gasteiger partial charge on any atom is 0.412 e. The van der Waals surface area contributed by atoms with Gasteiger partial charge >= 0.3 is 6.09 Å². The van der Waals surface area contributed by atoms with Gasteiger partial charge < -0.3 is 4.74 Å². The van der Waals surface area contributed by atoms with Crippen LogP contribution in [0.3, 0.4) is 0 Å². The van der Waals surface area contributed by atoms with Gasteiger partial charge in [0.25, 0.3) is 0 Å². The van der Waals surface area contributed by atoms with Crippen LogP contribution >= 0.6 is 0 Å². The minimum absolute atomic E-state index is 0.00554. The van der Waals surface area contributed by atoms with Crippen molar-refractivity contribution in [1.29, 1.82) is 5.41 Å². The van der Waals surface area contributed by atoms with E-state index < -0.39 is 12.0 Å². The van der Waals surface area contributed by atoms with E-state index in [9.17, 15) is 14.4 Å². The molecule has 0 spiro atoms. The van der Waals surface area contributed by atoms with Gasteiger partial charge in [-0.05, 0) is 5.92 Å². The highest BCUT2D eigenvalue weighted by molar-refractivity contribution is 6.12. The topological polar surface area (TPSA) is 96.3 Å². The molecule has 1 radical (unpaired) electrons. The SMILES string of the molecule is CC(C)COC(=O)NC(=N)c1ccccc1C(=O)CC(C)[C]=O. The summed E-state index contributed by atoms with van der Waals surface area (Å²) in [6, 6.07) is 6.45. The minimum Gasteiger partial charge on any atom is -0.449 e. The Morgan fingerprint density at radius 3 is 2.39 bits per heavy atom. The molecule has 0 saturated heterocycles. The highest BCUT2D eigenvalue weighted by Crippen LogP contribution is 2.14. The van der Waals surface area contributed by atoms with Crippen LogP contribution in [-0.2, 0) is 9.53 Å². The Labute approximate surface area is 135 Å². The molecule has 123 valence electrons. The number of rotatable bonds is 7. The highest BCUT2D eigenvalue weighted by Gasteiger charge is 2.18. The molecule has 0 saturated carbocycles. The van der Waals surface area contributed by atoms with Crippen molar-refractivity contribution in [3.05, 3.63) is 35.4 Å². The van der Waals surface area contributed by atoms with E-state index in [-0.39, 0.29) is 41.7 Å². The molecule has 6 heteroatoms. The van der Waals surface area contributed by atoms with Crippen LogP contribution in [-0.4, -0.2) is 30.6 Å². The quantitative estimate of drug-likeness (QED) is 0.459. The van der Waals surface area contributed by atoms with Gasteiger partial charge in [-0.1, -0.05) is 45.0 Å². The van der Waals surface area contributed by atoms with Crippen LogP contribution in [0.2, 0.25) is 0 Å². The fourth-order valence-electron chi connectivity index (χ4n) is 1.82. The third-order valence-electron chi connectivity index (χ3n) is 2.96.